The molecule has 3 rings (SSSR count). The van der Waals surface area contributed by atoms with E-state index in [0.717, 1.165) is 11.6 Å². The Bertz CT molecular complexity index is 952. The van der Waals surface area contributed by atoms with E-state index in [1.165, 1.54) is 6.08 Å². The van der Waals surface area contributed by atoms with Crippen molar-refractivity contribution in [2.24, 2.45) is 0 Å². The highest BCUT2D eigenvalue weighted by Crippen LogP contribution is 2.38. The van der Waals surface area contributed by atoms with Gasteiger partial charge in [0.05, 0.1) is 0 Å². The largest absolute Gasteiger partial charge is 0.507 e. The molecule has 1 aliphatic rings. The van der Waals surface area contributed by atoms with Gasteiger partial charge < -0.3 is 24.8 Å². The highest BCUT2D eigenvalue weighted by molar-refractivity contribution is 6.11. The lowest BCUT2D eigenvalue weighted by Crippen LogP contribution is -1.99. The summed E-state index contributed by atoms with van der Waals surface area (Å²) in [4.78, 5) is 12.5. The van der Waals surface area contributed by atoms with Crippen LogP contribution in [0, 0.1) is 0 Å². The highest BCUT2D eigenvalue weighted by atomic mass is 16.7. The summed E-state index contributed by atoms with van der Waals surface area (Å²) in [6.45, 7) is 3.93. The maximum Gasteiger partial charge on any atom is 0.231 e. The number of phenols is 3. The van der Waals surface area contributed by atoms with Crippen molar-refractivity contribution in [2.45, 2.75) is 20.3 Å². The minimum Gasteiger partial charge on any atom is -0.507 e. The molecule has 0 amide bonds. The van der Waals surface area contributed by atoms with Crippen LogP contribution in [-0.4, -0.2) is 27.9 Å². The lowest BCUT2D eigenvalue weighted by molar-refractivity contribution is 0.104. The highest BCUT2D eigenvalue weighted by Gasteiger charge is 2.21. The molecule has 3 N–H and O–H groups in total. The van der Waals surface area contributed by atoms with Gasteiger partial charge in [0.15, 0.2) is 17.3 Å². The molecule has 0 saturated carbocycles. The molecule has 0 aliphatic carbocycles. The number of benzene rings is 2. The Balaban J connectivity index is 1.90. The monoisotopic (exact) mass is 368 g/mol. The number of ether oxygens (including phenoxy) is 2. The summed E-state index contributed by atoms with van der Waals surface area (Å²) in [6, 6.07) is 6.28. The normalized spacial score (nSPS) is 12.4. The Hall–Kier alpha value is -3.41. The van der Waals surface area contributed by atoms with Crippen LogP contribution in [0.4, 0.5) is 0 Å². The molecule has 0 fully saturated rings. The third-order valence-electron chi connectivity index (χ3n) is 4.15. The summed E-state index contributed by atoms with van der Waals surface area (Å²) < 4.78 is 10.5. The van der Waals surface area contributed by atoms with Crippen LogP contribution in [0.3, 0.4) is 0 Å². The first-order valence-electron chi connectivity index (χ1n) is 8.39. The van der Waals surface area contributed by atoms with E-state index in [0.29, 0.717) is 17.1 Å². The molecular weight excluding hydrogens is 348 g/mol. The molecule has 0 radical (unpaired) electrons. The van der Waals surface area contributed by atoms with Crippen LogP contribution in [0.25, 0.3) is 6.08 Å². The zero-order valence-corrected chi connectivity index (χ0v) is 15.0. The van der Waals surface area contributed by atoms with Gasteiger partial charge in [-0.2, -0.15) is 0 Å². The van der Waals surface area contributed by atoms with Gasteiger partial charge in [0.1, 0.15) is 22.8 Å². The number of fused-ring (bicyclic) bond motifs is 1. The molecule has 0 saturated heterocycles. The molecule has 0 unspecified atom stereocenters. The van der Waals surface area contributed by atoms with Gasteiger partial charge >= 0.3 is 0 Å². The Morgan fingerprint density at radius 1 is 1.07 bits per heavy atom. The Morgan fingerprint density at radius 3 is 2.56 bits per heavy atom. The average molecular weight is 368 g/mol. The zero-order chi connectivity index (χ0) is 19.6. The van der Waals surface area contributed by atoms with E-state index < -0.39 is 17.3 Å². The van der Waals surface area contributed by atoms with E-state index in [1.54, 1.807) is 24.3 Å². The summed E-state index contributed by atoms with van der Waals surface area (Å²) in [5, 5.41) is 30.4. The predicted octanol–water partition coefficient (Wildman–Crippen LogP) is 3.94. The first-order valence-corrected chi connectivity index (χ1v) is 8.39. The number of aromatic hydroxyl groups is 3. The number of phenolic OH excluding ortho intramolecular Hbond substituents is 3. The topological polar surface area (TPSA) is 96.2 Å². The maximum absolute atomic E-state index is 12.5. The summed E-state index contributed by atoms with van der Waals surface area (Å²) in [6.07, 6.45) is 4.84. The Labute approximate surface area is 156 Å². The van der Waals surface area contributed by atoms with Gasteiger partial charge in [0.25, 0.3) is 0 Å². The molecule has 2 aromatic carbocycles. The zero-order valence-electron chi connectivity index (χ0n) is 15.0. The molecule has 0 spiro atoms. The van der Waals surface area contributed by atoms with Crippen LogP contribution in [-0.2, 0) is 6.42 Å². The van der Waals surface area contributed by atoms with Gasteiger partial charge in [-0.1, -0.05) is 23.8 Å². The molecular formula is C21H20O6. The average Bonchev–Trinajstić information content (AvgIpc) is 3.06. The summed E-state index contributed by atoms with van der Waals surface area (Å²) in [5.74, 6) is -0.531. The van der Waals surface area contributed by atoms with E-state index in [2.05, 4.69) is 0 Å². The predicted molar refractivity (Wildman–Crippen MR) is 101 cm³/mol. The molecule has 0 aromatic heterocycles. The van der Waals surface area contributed by atoms with Crippen molar-refractivity contribution in [1.29, 1.82) is 0 Å². The second-order valence-corrected chi connectivity index (χ2v) is 6.41. The second kappa shape index (κ2) is 7.45. The smallest absolute Gasteiger partial charge is 0.231 e. The number of allylic oxidation sites excluding steroid dienone is 3. The number of carbonyl (C=O) groups is 1. The molecule has 0 bridgehead atoms. The molecule has 1 aliphatic heterocycles. The molecule has 140 valence electrons. The Kier molecular flexibility index (Phi) is 5.07. The van der Waals surface area contributed by atoms with Gasteiger partial charge in [0.2, 0.25) is 6.79 Å². The van der Waals surface area contributed by atoms with E-state index in [-0.39, 0.29) is 30.1 Å². The van der Waals surface area contributed by atoms with Gasteiger partial charge in [0, 0.05) is 11.6 Å². The van der Waals surface area contributed by atoms with Crippen molar-refractivity contribution < 1.29 is 29.6 Å². The molecule has 0 atom stereocenters. The molecule has 27 heavy (non-hydrogen) atoms. The van der Waals surface area contributed by atoms with Crippen molar-refractivity contribution in [2.75, 3.05) is 6.79 Å². The minimum atomic E-state index is -0.582. The van der Waals surface area contributed by atoms with Crippen molar-refractivity contribution >= 4 is 11.9 Å². The fourth-order valence-corrected chi connectivity index (χ4v) is 2.70. The quantitative estimate of drug-likeness (QED) is 0.420. The van der Waals surface area contributed by atoms with E-state index >= 15 is 0 Å². The first kappa shape index (κ1) is 18.4. The van der Waals surface area contributed by atoms with Gasteiger partial charge in [-0.3, -0.25) is 4.79 Å². The van der Waals surface area contributed by atoms with Gasteiger partial charge in [-0.15, -0.1) is 0 Å². The van der Waals surface area contributed by atoms with Crippen LogP contribution < -0.4 is 9.47 Å². The number of hydrogen-bond donors (Lipinski definition) is 3. The van der Waals surface area contributed by atoms with Crippen molar-refractivity contribution in [3.05, 3.63) is 58.7 Å². The lowest BCUT2D eigenvalue weighted by Gasteiger charge is -2.11. The maximum atomic E-state index is 12.5. The van der Waals surface area contributed by atoms with Crippen LogP contribution in [0.15, 0.2) is 42.0 Å². The van der Waals surface area contributed by atoms with Gasteiger partial charge in [-0.05, 0) is 44.0 Å². The summed E-state index contributed by atoms with van der Waals surface area (Å²) in [7, 11) is 0. The fourth-order valence-electron chi connectivity index (χ4n) is 2.70. The number of carbonyl (C=O) groups excluding carboxylic acids is 1. The van der Waals surface area contributed by atoms with Crippen LogP contribution in [0.5, 0.6) is 28.7 Å². The van der Waals surface area contributed by atoms with Crippen molar-refractivity contribution in [3.8, 4) is 28.7 Å². The lowest BCUT2D eigenvalue weighted by atomic mass is 9.99. The van der Waals surface area contributed by atoms with Crippen molar-refractivity contribution in [1.82, 2.24) is 0 Å². The number of ketones is 1. The SMILES string of the molecule is CC(C)=CCc1c(O)cc(O)c(C(=O)/C=C/c2ccc3c(c2)OCO3)c1O. The Morgan fingerprint density at radius 2 is 1.81 bits per heavy atom. The third kappa shape index (κ3) is 3.89. The summed E-state index contributed by atoms with van der Waals surface area (Å²) >= 11 is 0. The fraction of sp³-hybridized carbons (Fsp3) is 0.190. The van der Waals surface area contributed by atoms with Crippen LogP contribution >= 0.6 is 0 Å². The molecule has 1 heterocycles. The standard InChI is InChI=1S/C21H20O6/c1-12(2)3-6-14-16(23)10-17(24)20(21(14)25)15(22)7-4-13-5-8-18-19(9-13)27-11-26-18/h3-5,7-10,23-25H,6,11H2,1-2H3/b7-4+. The molecule has 6 heteroatoms. The number of rotatable bonds is 5. The first-order chi connectivity index (χ1) is 12.9. The van der Waals surface area contributed by atoms with E-state index in [9.17, 15) is 20.1 Å². The van der Waals surface area contributed by atoms with Crippen molar-refractivity contribution in [3.63, 3.8) is 0 Å². The van der Waals surface area contributed by atoms with Crippen LogP contribution in [0.2, 0.25) is 0 Å². The van der Waals surface area contributed by atoms with E-state index in [1.807, 2.05) is 19.9 Å². The minimum absolute atomic E-state index is 0.158. The number of hydrogen-bond acceptors (Lipinski definition) is 6. The van der Waals surface area contributed by atoms with Gasteiger partial charge in [-0.25, -0.2) is 0 Å². The summed E-state index contributed by atoms with van der Waals surface area (Å²) in [5.41, 5.74) is 1.64. The molecule has 6 nitrogen and oxygen atoms in total. The van der Waals surface area contributed by atoms with E-state index in [4.69, 9.17) is 9.47 Å². The van der Waals surface area contributed by atoms with Crippen LogP contribution in [0.1, 0.15) is 35.3 Å². The second-order valence-electron chi connectivity index (χ2n) is 6.41. The third-order valence-corrected chi connectivity index (χ3v) is 4.15. The molecule has 2 aromatic rings.